The Bertz CT molecular complexity index is 305. The van der Waals surface area contributed by atoms with Crippen LogP contribution in [0.2, 0.25) is 0 Å². The minimum absolute atomic E-state index is 0. The number of hydrogen-bond donors (Lipinski definition) is 0. The molecule has 0 atom stereocenters. The maximum atomic E-state index is 12.4. The van der Waals surface area contributed by atoms with Crippen LogP contribution in [0, 0.1) is 5.95 Å². The average molecular weight is 282 g/mol. The van der Waals surface area contributed by atoms with Crippen molar-refractivity contribution < 1.29 is 68.7 Å². The Morgan fingerprint density at radius 3 is 2.23 bits per heavy atom. The molecular weight excluding hydrogens is 280 g/mol. The molecule has 0 N–H and O–H groups in total. The summed E-state index contributed by atoms with van der Waals surface area (Å²) in [4.78, 5) is 2.93. The summed E-state index contributed by atoms with van der Waals surface area (Å²) in [5.41, 5.74) is -1.30. The Hall–Kier alpha value is 1.05. The van der Waals surface area contributed by atoms with Crippen LogP contribution < -0.4 is 56.8 Å². The first-order valence-corrected chi connectivity index (χ1v) is 3.71. The molecule has 1 heterocycles. The summed E-state index contributed by atoms with van der Waals surface area (Å²) in [5, 5.41) is 0. The molecule has 0 fully saturated rings. The van der Waals surface area contributed by atoms with E-state index in [1.807, 2.05) is 0 Å². The second kappa shape index (κ2) is 5.22. The van der Waals surface area contributed by atoms with E-state index in [0.717, 1.165) is 6.20 Å². The van der Waals surface area contributed by atoms with Gasteiger partial charge in [-0.25, -0.2) is 4.98 Å². The first-order valence-electron chi connectivity index (χ1n) is 2.92. The Morgan fingerprint density at radius 2 is 1.85 bits per heavy atom. The summed E-state index contributed by atoms with van der Waals surface area (Å²) in [6.07, 6.45) is 0.973. The third kappa shape index (κ3) is 3.96. The van der Waals surface area contributed by atoms with Crippen molar-refractivity contribution >= 4 is 28.4 Å². The fourth-order valence-corrected chi connectivity index (χ4v) is 1.02. The smallest absolute Gasteiger partial charge is 0.445 e. The summed E-state index contributed by atoms with van der Waals surface area (Å²) in [7, 11) is 0. The third-order valence-corrected chi connectivity index (χ3v) is 1.62. The number of rotatable bonds is 1. The monoisotopic (exact) mass is 281 g/mol. The van der Waals surface area contributed by atoms with Gasteiger partial charge in [0.1, 0.15) is 0 Å². The maximum Gasteiger partial charge on any atom is 1.00 e. The SMILES string of the molecule is Fc1ncc(Br)cc1[B-](F)(F)F.[K+]. The zero-order chi connectivity index (χ0) is 9.35. The van der Waals surface area contributed by atoms with Crippen LogP contribution in [-0.4, -0.2) is 12.0 Å². The van der Waals surface area contributed by atoms with Crippen molar-refractivity contribution in [1.29, 1.82) is 0 Å². The molecule has 1 aromatic heterocycles. The van der Waals surface area contributed by atoms with Crippen LogP contribution in [0.3, 0.4) is 0 Å². The van der Waals surface area contributed by atoms with Crippen LogP contribution in [0.4, 0.5) is 17.3 Å². The number of nitrogens with zero attached hydrogens (tertiary/aromatic N) is 1. The van der Waals surface area contributed by atoms with Gasteiger partial charge in [-0.05, 0) is 15.9 Å². The van der Waals surface area contributed by atoms with E-state index in [-0.39, 0.29) is 55.9 Å². The molecule has 0 amide bonds. The van der Waals surface area contributed by atoms with Gasteiger partial charge >= 0.3 is 58.4 Å². The Balaban J connectivity index is 0.00000144. The zero-order valence-electron chi connectivity index (χ0n) is 6.57. The number of aromatic nitrogens is 1. The summed E-state index contributed by atoms with van der Waals surface area (Å²) >= 11 is 2.77. The molecule has 0 spiro atoms. The summed E-state index contributed by atoms with van der Waals surface area (Å²) in [5.74, 6) is -1.48. The van der Waals surface area contributed by atoms with Crippen LogP contribution in [0.1, 0.15) is 0 Å². The van der Waals surface area contributed by atoms with Gasteiger partial charge in [-0.1, -0.05) is 11.5 Å². The van der Waals surface area contributed by atoms with Gasteiger partial charge in [-0.3, -0.25) is 0 Å². The predicted octanol–water partition coefficient (Wildman–Crippen LogP) is -0.958. The van der Waals surface area contributed by atoms with Crippen molar-refractivity contribution in [1.82, 2.24) is 4.98 Å². The van der Waals surface area contributed by atoms with Gasteiger partial charge in [0, 0.05) is 10.7 Å². The first kappa shape index (κ1) is 14.1. The van der Waals surface area contributed by atoms with Crippen molar-refractivity contribution in [3.63, 3.8) is 0 Å². The van der Waals surface area contributed by atoms with Gasteiger partial charge < -0.3 is 12.9 Å². The summed E-state index contributed by atoms with van der Waals surface area (Å²) < 4.78 is 48.5. The molecule has 0 saturated heterocycles. The second-order valence-corrected chi connectivity index (χ2v) is 3.02. The van der Waals surface area contributed by atoms with E-state index in [4.69, 9.17) is 0 Å². The fourth-order valence-electron chi connectivity index (χ4n) is 0.668. The van der Waals surface area contributed by atoms with Crippen molar-refractivity contribution in [2.75, 3.05) is 0 Å². The van der Waals surface area contributed by atoms with Crippen molar-refractivity contribution in [3.8, 4) is 0 Å². The van der Waals surface area contributed by atoms with Crippen LogP contribution in [-0.2, 0) is 0 Å². The third-order valence-electron chi connectivity index (χ3n) is 1.19. The molecule has 13 heavy (non-hydrogen) atoms. The predicted molar refractivity (Wildman–Crippen MR) is 40.6 cm³/mol. The topological polar surface area (TPSA) is 12.9 Å². The normalized spacial score (nSPS) is 10.8. The van der Waals surface area contributed by atoms with Crippen molar-refractivity contribution in [2.24, 2.45) is 0 Å². The molecule has 1 nitrogen and oxygen atoms in total. The molecule has 0 aromatic carbocycles. The molecule has 0 aliphatic heterocycles. The van der Waals surface area contributed by atoms with Gasteiger partial charge in [0.05, 0.1) is 0 Å². The van der Waals surface area contributed by atoms with Crippen molar-refractivity contribution in [3.05, 3.63) is 22.7 Å². The molecule has 0 bridgehead atoms. The number of hydrogen-bond acceptors (Lipinski definition) is 1. The molecule has 0 aliphatic rings. The molecular formula is C5H2BBrF4KN. The molecule has 1 rings (SSSR count). The number of pyridine rings is 1. The minimum atomic E-state index is -5.32. The second-order valence-electron chi connectivity index (χ2n) is 2.11. The van der Waals surface area contributed by atoms with Crippen LogP contribution >= 0.6 is 15.9 Å². The molecule has 1 aromatic rings. The largest absolute Gasteiger partial charge is 1.00 e. The molecule has 8 heteroatoms. The van der Waals surface area contributed by atoms with E-state index in [1.165, 1.54) is 0 Å². The molecule has 0 saturated carbocycles. The molecule has 0 radical (unpaired) electrons. The van der Waals surface area contributed by atoms with Crippen LogP contribution in [0.5, 0.6) is 0 Å². The zero-order valence-corrected chi connectivity index (χ0v) is 11.3. The maximum absolute atomic E-state index is 12.4. The van der Waals surface area contributed by atoms with Gasteiger partial charge in [0.25, 0.3) is 0 Å². The van der Waals surface area contributed by atoms with Gasteiger partial charge in [-0.2, -0.15) is 4.39 Å². The van der Waals surface area contributed by atoms with E-state index in [0.29, 0.717) is 6.07 Å². The summed E-state index contributed by atoms with van der Waals surface area (Å²) in [6.45, 7) is -5.32. The Morgan fingerprint density at radius 1 is 1.31 bits per heavy atom. The van der Waals surface area contributed by atoms with E-state index in [9.17, 15) is 17.3 Å². The summed E-state index contributed by atoms with van der Waals surface area (Å²) in [6, 6.07) is 0.669. The molecule has 0 aliphatic carbocycles. The fraction of sp³-hybridized carbons (Fsp3) is 0. The first-order chi connectivity index (χ1) is 5.41. The van der Waals surface area contributed by atoms with Gasteiger partial charge in [0.2, 0.25) is 0 Å². The van der Waals surface area contributed by atoms with E-state index < -0.39 is 18.4 Å². The van der Waals surface area contributed by atoms with E-state index in [2.05, 4.69) is 20.9 Å². The standard InChI is InChI=1S/C5H2BBrF4N.K/c7-3-1-4(6(9,10)11)5(8)12-2-3;/h1-2H;/q-1;+1. The van der Waals surface area contributed by atoms with Crippen LogP contribution in [0.15, 0.2) is 16.7 Å². The van der Waals surface area contributed by atoms with E-state index in [1.54, 1.807) is 0 Å². The molecule has 0 unspecified atom stereocenters. The Kier molecular flexibility index (Phi) is 5.64. The molecule has 66 valence electrons. The number of halogens is 5. The minimum Gasteiger partial charge on any atom is -0.445 e. The van der Waals surface area contributed by atoms with E-state index >= 15 is 0 Å². The Labute approximate surface area is 123 Å². The van der Waals surface area contributed by atoms with Crippen molar-refractivity contribution in [2.45, 2.75) is 0 Å². The quantitative estimate of drug-likeness (QED) is 0.367. The van der Waals surface area contributed by atoms with Gasteiger partial charge in [0.15, 0.2) is 5.95 Å². The van der Waals surface area contributed by atoms with Crippen LogP contribution in [0.25, 0.3) is 0 Å². The average Bonchev–Trinajstić information content (AvgIpc) is 1.92. The van der Waals surface area contributed by atoms with Gasteiger partial charge in [-0.15, -0.1) is 0 Å².